The Kier molecular flexibility index (Phi) is 11.1. The van der Waals surface area contributed by atoms with Gasteiger partial charge in [-0.05, 0) is 80.7 Å². The van der Waals surface area contributed by atoms with Crippen molar-refractivity contribution in [3.8, 4) is 5.88 Å². The second kappa shape index (κ2) is 12.9. The summed E-state index contributed by atoms with van der Waals surface area (Å²) in [5.74, 6) is -1.81. The van der Waals surface area contributed by atoms with E-state index in [9.17, 15) is 18.8 Å². The number of esters is 2. The number of nitrogens with zero attached hydrogens (tertiary/aromatic N) is 1. The van der Waals surface area contributed by atoms with Crippen molar-refractivity contribution in [1.29, 1.82) is 0 Å². The van der Waals surface area contributed by atoms with Gasteiger partial charge < -0.3 is 24.3 Å². The molecule has 0 aliphatic heterocycles. The molecule has 0 unspecified atom stereocenters. The quantitative estimate of drug-likeness (QED) is 0.359. The predicted molar refractivity (Wildman–Crippen MR) is 132 cm³/mol. The number of ether oxygens (including phenoxy) is 4. The van der Waals surface area contributed by atoms with Crippen molar-refractivity contribution in [3.05, 3.63) is 23.9 Å². The molecule has 1 amide bonds. The highest BCUT2D eigenvalue weighted by molar-refractivity contribution is 5.83. The molecule has 0 aliphatic rings. The van der Waals surface area contributed by atoms with E-state index in [1.807, 2.05) is 0 Å². The Labute approximate surface area is 213 Å². The van der Waals surface area contributed by atoms with Crippen LogP contribution in [0.15, 0.2) is 18.3 Å². The molecule has 36 heavy (non-hydrogen) atoms. The van der Waals surface area contributed by atoms with Crippen molar-refractivity contribution in [2.75, 3.05) is 13.3 Å². The summed E-state index contributed by atoms with van der Waals surface area (Å²) in [4.78, 5) is 42.7. The molecule has 0 aliphatic carbocycles. The van der Waals surface area contributed by atoms with Gasteiger partial charge in [-0.25, -0.2) is 19.0 Å². The standard InChI is InChI=1S/C26H41FN2O7/c1-24(2,3)34-21(30)18(14-17-10-11-20(28-16-17)33-13-12-27)15-19(22(31)35-25(4,5)6)29-23(32)36-26(7,8)9/h10-11,16,18-19H,12-15H2,1-9H3,(H,29,32)/t18-,19-/m0/s1/i27-1. The average molecular weight is 512 g/mol. The van der Waals surface area contributed by atoms with Gasteiger partial charge in [-0.15, -0.1) is 0 Å². The second-order valence-corrected chi connectivity index (χ2v) is 11.4. The summed E-state index contributed by atoms with van der Waals surface area (Å²) in [7, 11) is 0. The molecule has 1 N–H and O–H groups in total. The van der Waals surface area contributed by atoms with E-state index >= 15 is 0 Å². The maximum Gasteiger partial charge on any atom is 0.408 e. The summed E-state index contributed by atoms with van der Waals surface area (Å²) < 4.78 is 33.9. The molecule has 0 radical (unpaired) electrons. The average Bonchev–Trinajstić information content (AvgIpc) is 2.68. The molecule has 0 saturated carbocycles. The highest BCUT2D eigenvalue weighted by Crippen LogP contribution is 2.22. The molecule has 1 aromatic heterocycles. The normalized spacial score (nSPS) is 13.8. The van der Waals surface area contributed by atoms with Crippen molar-refractivity contribution in [3.63, 3.8) is 0 Å². The van der Waals surface area contributed by atoms with Gasteiger partial charge in [-0.2, -0.15) is 0 Å². The Bertz CT molecular complexity index is 868. The van der Waals surface area contributed by atoms with Gasteiger partial charge >= 0.3 is 18.0 Å². The van der Waals surface area contributed by atoms with Crippen LogP contribution in [0.4, 0.5) is 9.18 Å². The Morgan fingerprint density at radius 3 is 1.92 bits per heavy atom. The largest absolute Gasteiger partial charge is 0.475 e. The van der Waals surface area contributed by atoms with Crippen LogP contribution in [0.3, 0.4) is 0 Å². The van der Waals surface area contributed by atoms with E-state index in [1.165, 1.54) is 6.20 Å². The molecule has 1 aromatic rings. The van der Waals surface area contributed by atoms with Gasteiger partial charge in [0.2, 0.25) is 5.88 Å². The van der Waals surface area contributed by atoms with E-state index < -0.39 is 53.5 Å². The Balaban J connectivity index is 3.21. The number of pyridine rings is 1. The van der Waals surface area contributed by atoms with E-state index in [2.05, 4.69) is 10.3 Å². The third-order valence-corrected chi connectivity index (χ3v) is 4.25. The van der Waals surface area contributed by atoms with Crippen LogP contribution in [-0.4, -0.2) is 59.1 Å². The summed E-state index contributed by atoms with van der Waals surface area (Å²) in [5.41, 5.74) is -1.70. The van der Waals surface area contributed by atoms with Crippen molar-refractivity contribution >= 4 is 18.0 Å². The molecule has 0 spiro atoms. The van der Waals surface area contributed by atoms with Crippen LogP contribution in [0.25, 0.3) is 0 Å². The maximum absolute atomic E-state index is 13.1. The van der Waals surface area contributed by atoms with Crippen LogP contribution in [-0.2, 0) is 30.2 Å². The van der Waals surface area contributed by atoms with Crippen LogP contribution in [0.5, 0.6) is 5.88 Å². The number of carbonyl (C=O) groups is 3. The zero-order valence-electron chi connectivity index (χ0n) is 22.9. The van der Waals surface area contributed by atoms with Crippen molar-refractivity contribution in [2.24, 2.45) is 5.92 Å². The number of alkyl halides is 1. The number of nitrogens with one attached hydrogen (secondary N) is 1. The number of amides is 1. The van der Waals surface area contributed by atoms with E-state index in [0.717, 1.165) is 0 Å². The fraction of sp³-hybridized carbons (Fsp3) is 0.692. The molecule has 0 bridgehead atoms. The summed E-state index contributed by atoms with van der Waals surface area (Å²) in [6.45, 7) is 14.7. The van der Waals surface area contributed by atoms with Crippen LogP contribution in [0, 0.1) is 5.92 Å². The minimum absolute atomic E-state index is 0.0941. The van der Waals surface area contributed by atoms with Gasteiger partial charge in [0, 0.05) is 12.3 Å². The summed E-state index contributed by atoms with van der Waals surface area (Å²) in [6.07, 6.45) is 0.774. The Morgan fingerprint density at radius 1 is 0.889 bits per heavy atom. The zero-order chi connectivity index (χ0) is 27.7. The van der Waals surface area contributed by atoms with Crippen molar-refractivity contribution < 1.29 is 37.7 Å². The first-order valence-corrected chi connectivity index (χ1v) is 12.0. The molecule has 0 saturated heterocycles. The Morgan fingerprint density at radius 2 is 1.44 bits per heavy atom. The number of aromatic nitrogens is 1. The van der Waals surface area contributed by atoms with Gasteiger partial charge in [0.05, 0.1) is 5.92 Å². The van der Waals surface area contributed by atoms with Gasteiger partial charge in [0.25, 0.3) is 0 Å². The monoisotopic (exact) mass is 511 g/mol. The summed E-state index contributed by atoms with van der Waals surface area (Å²) in [6, 6.07) is 2.10. The molecule has 1 rings (SSSR count). The molecule has 204 valence electrons. The van der Waals surface area contributed by atoms with Crippen molar-refractivity contribution in [2.45, 2.75) is 98.0 Å². The zero-order valence-corrected chi connectivity index (χ0v) is 22.9. The number of hydrogen-bond acceptors (Lipinski definition) is 8. The first kappa shape index (κ1) is 31.1. The molecular weight excluding hydrogens is 470 g/mol. The van der Waals surface area contributed by atoms with Gasteiger partial charge in [-0.3, -0.25) is 4.79 Å². The topological polar surface area (TPSA) is 113 Å². The highest BCUT2D eigenvalue weighted by Gasteiger charge is 2.35. The maximum atomic E-state index is 13.1. The number of rotatable bonds is 10. The fourth-order valence-corrected chi connectivity index (χ4v) is 3.01. The lowest BCUT2D eigenvalue weighted by atomic mass is 9.92. The van der Waals surface area contributed by atoms with E-state index in [4.69, 9.17) is 18.9 Å². The third kappa shape index (κ3) is 13.3. The second-order valence-electron chi connectivity index (χ2n) is 11.4. The molecule has 1 heterocycles. The number of hydrogen-bond donors (Lipinski definition) is 1. The van der Waals surface area contributed by atoms with Crippen LogP contribution in [0.2, 0.25) is 0 Å². The fourth-order valence-electron chi connectivity index (χ4n) is 3.01. The molecule has 0 aromatic carbocycles. The van der Waals surface area contributed by atoms with Crippen LogP contribution >= 0.6 is 0 Å². The number of carbonyl (C=O) groups excluding carboxylic acids is 3. The lowest BCUT2D eigenvalue weighted by Gasteiger charge is -2.29. The summed E-state index contributed by atoms with van der Waals surface area (Å²) >= 11 is 0. The van der Waals surface area contributed by atoms with Crippen molar-refractivity contribution in [1.82, 2.24) is 10.3 Å². The smallest absolute Gasteiger partial charge is 0.408 e. The SMILES string of the molecule is CC(C)(C)OC(=O)N[C@@H](C[C@H](Cc1ccc(OCC[18F])nc1)C(=O)OC(C)(C)C)C(=O)OC(C)(C)C. The minimum Gasteiger partial charge on any atom is -0.475 e. The van der Waals surface area contributed by atoms with Gasteiger partial charge in [0.1, 0.15) is 36.1 Å². The molecule has 2 atom stereocenters. The lowest BCUT2D eigenvalue weighted by molar-refractivity contribution is -0.162. The first-order chi connectivity index (χ1) is 16.4. The highest BCUT2D eigenvalue weighted by atomic mass is 18.2. The lowest BCUT2D eigenvalue weighted by Crippen LogP contribution is -2.48. The van der Waals surface area contributed by atoms with Crippen LogP contribution in [0.1, 0.15) is 74.3 Å². The summed E-state index contributed by atoms with van der Waals surface area (Å²) in [5, 5.41) is 2.55. The van der Waals surface area contributed by atoms with E-state index in [0.29, 0.717) is 5.56 Å². The number of halogens is 1. The van der Waals surface area contributed by atoms with E-state index in [-0.39, 0.29) is 25.3 Å². The minimum atomic E-state index is -1.17. The van der Waals surface area contributed by atoms with Gasteiger partial charge in [0.15, 0.2) is 0 Å². The third-order valence-electron chi connectivity index (χ3n) is 4.25. The molecular formula is C26H41FN2O7. The first-order valence-electron chi connectivity index (χ1n) is 12.0. The molecule has 0 fully saturated rings. The van der Waals surface area contributed by atoms with Crippen LogP contribution < -0.4 is 10.1 Å². The van der Waals surface area contributed by atoms with Gasteiger partial charge in [-0.1, -0.05) is 6.07 Å². The molecule has 9 nitrogen and oxygen atoms in total. The van der Waals surface area contributed by atoms with E-state index in [1.54, 1.807) is 74.4 Å². The Hall–Kier alpha value is -2.91. The molecule has 10 heteroatoms. The predicted octanol–water partition coefficient (Wildman–Crippen LogP) is 4.56. The number of alkyl carbamates (subject to hydrolysis) is 1.